The summed E-state index contributed by atoms with van der Waals surface area (Å²) in [5.74, 6) is -0.257. The molecule has 1 aliphatic carbocycles. The van der Waals surface area contributed by atoms with Crippen molar-refractivity contribution in [3.05, 3.63) is 53.9 Å². The van der Waals surface area contributed by atoms with E-state index in [0.29, 0.717) is 17.9 Å². The molecule has 2 fully saturated rings. The predicted octanol–water partition coefficient (Wildman–Crippen LogP) is 2.56. The highest BCUT2D eigenvalue weighted by atomic mass is 19.1. The van der Waals surface area contributed by atoms with Crippen molar-refractivity contribution in [2.24, 2.45) is 13.0 Å². The van der Waals surface area contributed by atoms with Gasteiger partial charge in [-0.3, -0.25) is 9.59 Å². The molecule has 2 aliphatic rings. The fourth-order valence-corrected chi connectivity index (χ4v) is 4.37. The number of aromatic nitrogens is 2. The van der Waals surface area contributed by atoms with Gasteiger partial charge in [0.25, 0.3) is 0 Å². The van der Waals surface area contributed by atoms with E-state index in [9.17, 15) is 14.0 Å². The van der Waals surface area contributed by atoms with Crippen LogP contribution in [0.1, 0.15) is 49.5 Å². The highest BCUT2D eigenvalue weighted by Crippen LogP contribution is 2.30. The van der Waals surface area contributed by atoms with Crippen LogP contribution in [0, 0.1) is 11.7 Å². The molecular formula is C21H25FN4O2. The average molecular weight is 384 g/mol. The molecule has 0 bridgehead atoms. The number of nitrogens with zero attached hydrogens (tertiary/aromatic N) is 3. The van der Waals surface area contributed by atoms with Gasteiger partial charge in [0.1, 0.15) is 17.7 Å². The monoisotopic (exact) mass is 384 g/mol. The fourth-order valence-electron chi connectivity index (χ4n) is 4.37. The number of halogens is 1. The first-order valence-corrected chi connectivity index (χ1v) is 9.85. The second-order valence-corrected chi connectivity index (χ2v) is 7.78. The van der Waals surface area contributed by atoms with Crippen LogP contribution in [0.2, 0.25) is 0 Å². The molecule has 2 aromatic rings. The minimum Gasteiger partial charge on any atom is -0.342 e. The molecule has 7 heteroatoms. The summed E-state index contributed by atoms with van der Waals surface area (Å²) in [6.07, 6.45) is 8.01. The molecule has 1 N–H and O–H groups in total. The number of nitrogens with one attached hydrogen (secondary N) is 1. The third kappa shape index (κ3) is 3.66. The first kappa shape index (κ1) is 18.7. The number of benzene rings is 1. The number of hydrogen-bond acceptors (Lipinski definition) is 3. The molecule has 2 atom stereocenters. The van der Waals surface area contributed by atoms with Crippen LogP contribution in [0.15, 0.2) is 36.7 Å². The Morgan fingerprint density at radius 2 is 2.11 bits per heavy atom. The van der Waals surface area contributed by atoms with Crippen LogP contribution in [-0.4, -0.2) is 38.9 Å². The van der Waals surface area contributed by atoms with Crippen LogP contribution in [0.5, 0.6) is 0 Å². The SMILES string of the molecule is Cn1ccnc1[C@H](NC(=O)[C@H]1CC(=O)N(C2CCCC2)C1)c1cccc(F)c1. The van der Waals surface area contributed by atoms with Gasteiger partial charge in [-0.25, -0.2) is 9.37 Å². The zero-order chi connectivity index (χ0) is 19.7. The number of aryl methyl sites for hydroxylation is 1. The minimum absolute atomic E-state index is 0.0614. The van der Waals surface area contributed by atoms with E-state index in [2.05, 4.69) is 10.3 Å². The lowest BCUT2D eigenvalue weighted by molar-refractivity contribution is -0.130. The second kappa shape index (κ2) is 7.73. The molecule has 0 radical (unpaired) electrons. The quantitative estimate of drug-likeness (QED) is 0.862. The second-order valence-electron chi connectivity index (χ2n) is 7.78. The highest BCUT2D eigenvalue weighted by molar-refractivity contribution is 5.89. The standard InChI is InChI=1S/C21H25FN4O2/c1-25-10-9-23-20(25)19(14-5-4-6-16(22)11-14)24-21(28)15-12-18(27)26(13-15)17-7-2-3-8-17/h4-6,9-11,15,17,19H,2-3,7-8,12-13H2,1H3,(H,24,28)/t15-,19+/m0/s1. The summed E-state index contributed by atoms with van der Waals surface area (Å²) in [5, 5.41) is 3.01. The van der Waals surface area contributed by atoms with Gasteiger partial charge in [0, 0.05) is 38.4 Å². The minimum atomic E-state index is -0.571. The normalized spacial score (nSPS) is 21.3. The fraction of sp³-hybridized carbons (Fsp3) is 0.476. The lowest BCUT2D eigenvalue weighted by atomic mass is 10.0. The molecule has 1 saturated carbocycles. The van der Waals surface area contributed by atoms with E-state index in [0.717, 1.165) is 25.7 Å². The van der Waals surface area contributed by atoms with Crippen LogP contribution < -0.4 is 5.32 Å². The smallest absolute Gasteiger partial charge is 0.226 e. The Balaban J connectivity index is 1.53. The number of imidazole rings is 1. The molecule has 4 rings (SSSR count). The average Bonchev–Trinajstić information content (AvgIpc) is 3.40. The molecule has 1 saturated heterocycles. The zero-order valence-electron chi connectivity index (χ0n) is 16.0. The molecule has 6 nitrogen and oxygen atoms in total. The van der Waals surface area contributed by atoms with Crippen LogP contribution in [0.25, 0.3) is 0 Å². The summed E-state index contributed by atoms with van der Waals surface area (Å²) >= 11 is 0. The summed E-state index contributed by atoms with van der Waals surface area (Å²) in [5.41, 5.74) is 0.625. The molecule has 1 aromatic carbocycles. The van der Waals surface area contributed by atoms with Gasteiger partial charge in [-0.2, -0.15) is 0 Å². The van der Waals surface area contributed by atoms with Crippen molar-refractivity contribution in [1.82, 2.24) is 19.8 Å². The first-order valence-electron chi connectivity index (χ1n) is 9.85. The van der Waals surface area contributed by atoms with E-state index in [1.807, 2.05) is 11.9 Å². The molecule has 1 aromatic heterocycles. The van der Waals surface area contributed by atoms with Crippen LogP contribution in [0.3, 0.4) is 0 Å². The molecule has 2 heterocycles. The van der Waals surface area contributed by atoms with E-state index < -0.39 is 6.04 Å². The van der Waals surface area contributed by atoms with Crippen molar-refractivity contribution < 1.29 is 14.0 Å². The third-order valence-corrected chi connectivity index (χ3v) is 5.88. The van der Waals surface area contributed by atoms with Crippen molar-refractivity contribution in [2.45, 2.75) is 44.2 Å². The number of hydrogen-bond donors (Lipinski definition) is 1. The Hall–Kier alpha value is -2.70. The van der Waals surface area contributed by atoms with Crippen molar-refractivity contribution in [1.29, 1.82) is 0 Å². The summed E-state index contributed by atoms with van der Waals surface area (Å²) in [6.45, 7) is 0.464. The lowest BCUT2D eigenvalue weighted by Gasteiger charge is -2.24. The predicted molar refractivity (Wildman–Crippen MR) is 102 cm³/mol. The van der Waals surface area contributed by atoms with Crippen LogP contribution in [-0.2, 0) is 16.6 Å². The van der Waals surface area contributed by atoms with E-state index in [1.165, 1.54) is 12.1 Å². The molecule has 2 amide bonds. The van der Waals surface area contributed by atoms with Crippen LogP contribution >= 0.6 is 0 Å². The summed E-state index contributed by atoms with van der Waals surface area (Å²) < 4.78 is 15.6. The molecule has 0 spiro atoms. The summed E-state index contributed by atoms with van der Waals surface area (Å²) in [7, 11) is 1.84. The Bertz CT molecular complexity index is 875. The number of carbonyl (C=O) groups excluding carboxylic acids is 2. The van der Waals surface area contributed by atoms with Crippen molar-refractivity contribution in [2.75, 3.05) is 6.54 Å². The van der Waals surface area contributed by atoms with Crippen molar-refractivity contribution in [3.8, 4) is 0 Å². The van der Waals surface area contributed by atoms with Gasteiger partial charge in [0.05, 0.1) is 5.92 Å². The highest BCUT2D eigenvalue weighted by Gasteiger charge is 2.39. The zero-order valence-corrected chi connectivity index (χ0v) is 16.0. The Morgan fingerprint density at radius 1 is 1.32 bits per heavy atom. The number of carbonyl (C=O) groups is 2. The van der Waals surface area contributed by atoms with Gasteiger partial charge in [0.15, 0.2) is 0 Å². The largest absolute Gasteiger partial charge is 0.342 e. The van der Waals surface area contributed by atoms with Gasteiger partial charge in [0.2, 0.25) is 11.8 Å². The Morgan fingerprint density at radius 3 is 2.79 bits per heavy atom. The van der Waals surface area contributed by atoms with Gasteiger partial charge < -0.3 is 14.8 Å². The third-order valence-electron chi connectivity index (χ3n) is 5.88. The Kier molecular flexibility index (Phi) is 5.15. The Labute approximate surface area is 163 Å². The number of amides is 2. The molecule has 28 heavy (non-hydrogen) atoms. The lowest BCUT2D eigenvalue weighted by Crippen LogP contribution is -2.38. The van der Waals surface area contributed by atoms with Gasteiger partial charge in [-0.1, -0.05) is 25.0 Å². The number of likely N-dealkylation sites (tertiary alicyclic amines) is 1. The van der Waals surface area contributed by atoms with Gasteiger partial charge in [-0.05, 0) is 30.5 Å². The van der Waals surface area contributed by atoms with Crippen molar-refractivity contribution in [3.63, 3.8) is 0 Å². The summed E-state index contributed by atoms with van der Waals surface area (Å²) in [4.78, 5) is 31.7. The summed E-state index contributed by atoms with van der Waals surface area (Å²) in [6, 6.07) is 5.87. The first-order chi connectivity index (χ1) is 13.5. The van der Waals surface area contributed by atoms with E-state index in [1.54, 1.807) is 29.1 Å². The van der Waals surface area contributed by atoms with Gasteiger partial charge in [-0.15, -0.1) is 0 Å². The maximum atomic E-state index is 13.8. The van der Waals surface area contributed by atoms with Crippen LogP contribution in [0.4, 0.5) is 4.39 Å². The van der Waals surface area contributed by atoms with E-state index >= 15 is 0 Å². The molecule has 1 aliphatic heterocycles. The molecular weight excluding hydrogens is 359 g/mol. The number of rotatable bonds is 5. The maximum Gasteiger partial charge on any atom is 0.226 e. The molecule has 0 unspecified atom stereocenters. The van der Waals surface area contributed by atoms with E-state index in [4.69, 9.17) is 0 Å². The maximum absolute atomic E-state index is 13.8. The van der Waals surface area contributed by atoms with Crippen molar-refractivity contribution >= 4 is 11.8 Å². The van der Waals surface area contributed by atoms with Gasteiger partial charge >= 0.3 is 0 Å². The topological polar surface area (TPSA) is 67.2 Å². The van der Waals surface area contributed by atoms with E-state index in [-0.39, 0.29) is 36.0 Å². The molecule has 148 valence electrons.